The number of aldehydes is 1. The van der Waals surface area contributed by atoms with Gasteiger partial charge < -0.3 is 9.84 Å². The van der Waals surface area contributed by atoms with Crippen molar-refractivity contribution in [2.24, 2.45) is 0 Å². The molecule has 156 valence electrons. The van der Waals surface area contributed by atoms with Gasteiger partial charge >= 0.3 is 0 Å². The molecule has 2 aromatic heterocycles. The molecule has 1 N–H and O–H groups in total. The summed E-state index contributed by atoms with van der Waals surface area (Å²) in [5.74, 6) is -3.16. The van der Waals surface area contributed by atoms with Crippen LogP contribution in [-0.4, -0.2) is 32.1 Å². The standard InChI is InChI=1S/C22H21F2N3O3/c1-13(2)27-17(7-9-26-27)20-15(4-3-8-25-20)12-30-18-6-5-14-10-22(23,24)21(29)19(14)16(18)11-28/h3-9,11,13,21,29H,10,12H2,1-2H3. The Kier molecular flexibility index (Phi) is 5.11. The Morgan fingerprint density at radius 2 is 2.10 bits per heavy atom. The molecule has 2 heterocycles. The van der Waals surface area contributed by atoms with Gasteiger partial charge in [-0.25, -0.2) is 8.78 Å². The number of carbonyl (C=O) groups is 1. The molecule has 8 heteroatoms. The van der Waals surface area contributed by atoms with Crippen molar-refractivity contribution in [3.8, 4) is 17.1 Å². The molecule has 1 aromatic carbocycles. The van der Waals surface area contributed by atoms with Gasteiger partial charge in [0, 0.05) is 36.0 Å². The van der Waals surface area contributed by atoms with E-state index in [1.54, 1.807) is 18.5 Å². The lowest BCUT2D eigenvalue weighted by Gasteiger charge is -2.17. The van der Waals surface area contributed by atoms with Crippen molar-refractivity contribution in [3.63, 3.8) is 0 Å². The van der Waals surface area contributed by atoms with Crippen molar-refractivity contribution in [3.05, 3.63) is 65.0 Å². The van der Waals surface area contributed by atoms with E-state index in [-0.39, 0.29) is 35.1 Å². The molecule has 1 aliphatic rings. The molecule has 30 heavy (non-hydrogen) atoms. The summed E-state index contributed by atoms with van der Waals surface area (Å²) in [5.41, 5.74) is 2.41. The molecule has 0 radical (unpaired) electrons. The van der Waals surface area contributed by atoms with Crippen LogP contribution in [0, 0.1) is 0 Å². The van der Waals surface area contributed by atoms with E-state index in [9.17, 15) is 18.7 Å². The van der Waals surface area contributed by atoms with Crippen molar-refractivity contribution in [2.75, 3.05) is 0 Å². The number of alkyl halides is 2. The highest BCUT2D eigenvalue weighted by molar-refractivity contribution is 5.83. The fourth-order valence-electron chi connectivity index (χ4n) is 3.80. The van der Waals surface area contributed by atoms with Crippen LogP contribution in [0.15, 0.2) is 42.7 Å². The molecular weight excluding hydrogens is 392 g/mol. The summed E-state index contributed by atoms with van der Waals surface area (Å²) in [6.45, 7) is 4.09. The topological polar surface area (TPSA) is 77.2 Å². The van der Waals surface area contributed by atoms with Gasteiger partial charge in [-0.2, -0.15) is 5.10 Å². The van der Waals surface area contributed by atoms with Gasteiger partial charge in [-0.1, -0.05) is 12.1 Å². The van der Waals surface area contributed by atoms with Crippen LogP contribution in [0.2, 0.25) is 0 Å². The van der Waals surface area contributed by atoms with E-state index in [1.807, 2.05) is 30.7 Å². The Balaban J connectivity index is 1.66. The third kappa shape index (κ3) is 3.37. The highest BCUT2D eigenvalue weighted by Gasteiger charge is 2.48. The molecule has 0 saturated carbocycles. The van der Waals surface area contributed by atoms with Crippen molar-refractivity contribution >= 4 is 6.29 Å². The van der Waals surface area contributed by atoms with Crippen molar-refractivity contribution < 1.29 is 23.4 Å². The van der Waals surface area contributed by atoms with Crippen LogP contribution in [0.5, 0.6) is 5.75 Å². The molecule has 3 aromatic rings. The Hall–Kier alpha value is -3.13. The van der Waals surface area contributed by atoms with Gasteiger partial charge in [-0.3, -0.25) is 14.5 Å². The summed E-state index contributed by atoms with van der Waals surface area (Å²) >= 11 is 0. The summed E-state index contributed by atoms with van der Waals surface area (Å²) < 4.78 is 35.5. The highest BCUT2D eigenvalue weighted by atomic mass is 19.3. The average molecular weight is 413 g/mol. The number of hydrogen-bond donors (Lipinski definition) is 1. The van der Waals surface area contributed by atoms with Crippen molar-refractivity contribution in [1.82, 2.24) is 14.8 Å². The van der Waals surface area contributed by atoms with Crippen LogP contribution in [0.1, 0.15) is 53.0 Å². The van der Waals surface area contributed by atoms with Gasteiger partial charge in [0.05, 0.1) is 17.0 Å². The quantitative estimate of drug-likeness (QED) is 0.615. The van der Waals surface area contributed by atoms with Gasteiger partial charge in [0.1, 0.15) is 18.5 Å². The van der Waals surface area contributed by atoms with Gasteiger partial charge in [0.2, 0.25) is 0 Å². The number of aromatic nitrogens is 3. The van der Waals surface area contributed by atoms with Gasteiger partial charge in [0.15, 0.2) is 6.29 Å². The second-order valence-electron chi connectivity index (χ2n) is 7.56. The van der Waals surface area contributed by atoms with Crippen molar-refractivity contribution in [1.29, 1.82) is 0 Å². The summed E-state index contributed by atoms with van der Waals surface area (Å²) in [6, 6.07) is 8.57. The lowest BCUT2D eigenvalue weighted by Crippen LogP contribution is -2.22. The molecular formula is C22H21F2N3O3. The van der Waals surface area contributed by atoms with E-state index in [0.717, 1.165) is 11.3 Å². The molecule has 0 aliphatic heterocycles. The second kappa shape index (κ2) is 7.60. The Morgan fingerprint density at radius 1 is 1.30 bits per heavy atom. The largest absolute Gasteiger partial charge is 0.488 e. The maximum Gasteiger partial charge on any atom is 0.281 e. The first-order valence-electron chi connectivity index (χ1n) is 9.61. The molecule has 1 unspecified atom stereocenters. The number of fused-ring (bicyclic) bond motifs is 1. The second-order valence-corrected chi connectivity index (χ2v) is 7.56. The molecule has 0 fully saturated rings. The number of nitrogens with zero attached hydrogens (tertiary/aromatic N) is 3. The predicted octanol–water partition coefficient (Wildman–Crippen LogP) is 4.14. The summed E-state index contributed by atoms with van der Waals surface area (Å²) in [5, 5.41) is 14.3. The van der Waals surface area contributed by atoms with Crippen LogP contribution in [0.4, 0.5) is 8.78 Å². The van der Waals surface area contributed by atoms with Crippen LogP contribution in [-0.2, 0) is 13.0 Å². The number of benzene rings is 1. The third-order valence-corrected chi connectivity index (χ3v) is 5.23. The molecule has 0 amide bonds. The summed E-state index contributed by atoms with van der Waals surface area (Å²) in [7, 11) is 0. The fraction of sp³-hybridized carbons (Fsp3) is 0.318. The Labute approximate surface area is 172 Å². The maximum atomic E-state index is 13.9. The van der Waals surface area contributed by atoms with E-state index < -0.39 is 18.4 Å². The number of aliphatic hydroxyl groups excluding tert-OH is 1. The minimum absolute atomic E-state index is 0.0464. The number of halogens is 2. The number of ether oxygens (including phenoxy) is 1. The lowest BCUT2D eigenvalue weighted by atomic mass is 10.0. The number of aliphatic hydroxyl groups is 1. The van der Waals surface area contributed by atoms with Gasteiger partial charge in [-0.15, -0.1) is 0 Å². The predicted molar refractivity (Wildman–Crippen MR) is 106 cm³/mol. The maximum absolute atomic E-state index is 13.9. The smallest absolute Gasteiger partial charge is 0.281 e. The molecule has 1 atom stereocenters. The number of rotatable bonds is 6. The first-order valence-corrected chi connectivity index (χ1v) is 9.61. The van der Waals surface area contributed by atoms with Crippen LogP contribution < -0.4 is 4.74 Å². The first kappa shape index (κ1) is 20.2. The van der Waals surface area contributed by atoms with Gasteiger partial charge in [0.25, 0.3) is 5.92 Å². The van der Waals surface area contributed by atoms with Crippen LogP contribution in [0.3, 0.4) is 0 Å². The minimum atomic E-state index is -3.30. The molecule has 4 rings (SSSR count). The fourth-order valence-corrected chi connectivity index (χ4v) is 3.80. The molecule has 0 saturated heterocycles. The van der Waals surface area contributed by atoms with E-state index in [0.29, 0.717) is 12.0 Å². The molecule has 6 nitrogen and oxygen atoms in total. The molecule has 0 bridgehead atoms. The number of hydrogen-bond acceptors (Lipinski definition) is 5. The van der Waals surface area contributed by atoms with Crippen molar-refractivity contribution in [2.45, 2.75) is 44.9 Å². The normalized spacial score (nSPS) is 17.2. The van der Waals surface area contributed by atoms with Gasteiger partial charge in [-0.05, 0) is 37.6 Å². The monoisotopic (exact) mass is 413 g/mol. The van der Waals surface area contributed by atoms with E-state index in [1.165, 1.54) is 12.1 Å². The van der Waals surface area contributed by atoms with E-state index in [2.05, 4.69) is 10.1 Å². The number of carbonyl (C=O) groups excluding carboxylic acids is 1. The third-order valence-electron chi connectivity index (χ3n) is 5.23. The average Bonchev–Trinajstić information content (AvgIpc) is 3.29. The highest BCUT2D eigenvalue weighted by Crippen LogP contribution is 2.46. The van der Waals surface area contributed by atoms with Crippen LogP contribution >= 0.6 is 0 Å². The minimum Gasteiger partial charge on any atom is -0.488 e. The SMILES string of the molecule is CC(C)n1nccc1-c1ncccc1COc1ccc2c(c1C=O)C(O)C(F)(F)C2. The Morgan fingerprint density at radius 3 is 2.83 bits per heavy atom. The Bertz CT molecular complexity index is 1090. The zero-order valence-corrected chi connectivity index (χ0v) is 16.5. The summed E-state index contributed by atoms with van der Waals surface area (Å²) in [4.78, 5) is 16.1. The zero-order valence-electron chi connectivity index (χ0n) is 16.5. The van der Waals surface area contributed by atoms with E-state index in [4.69, 9.17) is 4.74 Å². The number of pyridine rings is 1. The zero-order chi connectivity index (χ0) is 21.5. The summed E-state index contributed by atoms with van der Waals surface area (Å²) in [6.07, 6.45) is 1.20. The van der Waals surface area contributed by atoms with Crippen LogP contribution in [0.25, 0.3) is 11.4 Å². The lowest BCUT2D eigenvalue weighted by molar-refractivity contribution is -0.0969. The molecule has 0 spiro atoms. The molecule has 1 aliphatic carbocycles. The first-order chi connectivity index (χ1) is 14.3. The van der Waals surface area contributed by atoms with E-state index >= 15 is 0 Å².